The molecule has 0 bridgehead atoms. The van der Waals surface area contributed by atoms with Gasteiger partial charge in [0.05, 0.1) is 6.20 Å². The Morgan fingerprint density at radius 2 is 1.90 bits per heavy atom. The lowest BCUT2D eigenvalue weighted by atomic mass is 10.1. The molecule has 2 aromatic rings. The maximum atomic E-state index is 8.88. The summed E-state index contributed by atoms with van der Waals surface area (Å²) < 4.78 is 5.78. The molecular weight excluding hydrogens is 252 g/mol. The molecule has 1 aromatic carbocycles. The fourth-order valence-corrected chi connectivity index (χ4v) is 1.87. The van der Waals surface area contributed by atoms with Crippen LogP contribution in [0.5, 0.6) is 11.5 Å². The minimum atomic E-state index is 0.163. The number of nitrogens with zero attached hydrogens (tertiary/aromatic N) is 1. The van der Waals surface area contributed by atoms with E-state index in [0.717, 1.165) is 35.7 Å². The van der Waals surface area contributed by atoms with E-state index < -0.39 is 0 Å². The molecule has 1 aromatic heterocycles. The minimum Gasteiger partial charge on any atom is -0.456 e. The number of benzene rings is 1. The van der Waals surface area contributed by atoms with Crippen LogP contribution < -0.4 is 10.1 Å². The van der Waals surface area contributed by atoms with Crippen LogP contribution in [0.15, 0.2) is 42.7 Å². The Labute approximate surface area is 119 Å². The van der Waals surface area contributed by atoms with Crippen LogP contribution in [0, 0.1) is 0 Å². The van der Waals surface area contributed by atoms with Crippen LogP contribution in [0.2, 0.25) is 0 Å². The Morgan fingerprint density at radius 1 is 1.10 bits per heavy atom. The SMILES string of the molecule is CCNCc1cncc(Oc2ccc(CCO)cc2)c1. The fraction of sp³-hybridized carbons (Fsp3) is 0.312. The molecule has 0 saturated carbocycles. The fourth-order valence-electron chi connectivity index (χ4n) is 1.87. The zero-order valence-electron chi connectivity index (χ0n) is 11.7. The summed E-state index contributed by atoms with van der Waals surface area (Å²) in [5.74, 6) is 1.50. The van der Waals surface area contributed by atoms with Crippen molar-refractivity contribution in [1.82, 2.24) is 10.3 Å². The number of aliphatic hydroxyl groups excluding tert-OH is 1. The van der Waals surface area contributed by atoms with Crippen molar-refractivity contribution in [3.63, 3.8) is 0 Å². The van der Waals surface area contributed by atoms with Crippen LogP contribution in [-0.2, 0) is 13.0 Å². The van der Waals surface area contributed by atoms with Gasteiger partial charge in [-0.25, -0.2) is 0 Å². The highest BCUT2D eigenvalue weighted by atomic mass is 16.5. The maximum absolute atomic E-state index is 8.88. The summed E-state index contributed by atoms with van der Waals surface area (Å²) in [4.78, 5) is 4.18. The van der Waals surface area contributed by atoms with E-state index in [1.165, 1.54) is 0 Å². The van der Waals surface area contributed by atoms with Gasteiger partial charge in [0.15, 0.2) is 0 Å². The third-order valence-electron chi connectivity index (χ3n) is 2.91. The Balaban J connectivity index is 2.01. The van der Waals surface area contributed by atoms with Crippen molar-refractivity contribution in [2.45, 2.75) is 19.9 Å². The van der Waals surface area contributed by atoms with Gasteiger partial charge in [0, 0.05) is 19.3 Å². The van der Waals surface area contributed by atoms with Gasteiger partial charge in [0.2, 0.25) is 0 Å². The molecule has 4 heteroatoms. The second kappa shape index (κ2) is 7.62. The molecule has 0 atom stereocenters. The van der Waals surface area contributed by atoms with E-state index in [2.05, 4.69) is 17.2 Å². The van der Waals surface area contributed by atoms with Gasteiger partial charge >= 0.3 is 0 Å². The first-order chi connectivity index (χ1) is 9.81. The first-order valence-corrected chi connectivity index (χ1v) is 6.84. The van der Waals surface area contributed by atoms with Gasteiger partial charge in [-0.05, 0) is 42.3 Å². The maximum Gasteiger partial charge on any atom is 0.146 e. The highest BCUT2D eigenvalue weighted by Crippen LogP contribution is 2.21. The smallest absolute Gasteiger partial charge is 0.146 e. The quantitative estimate of drug-likeness (QED) is 0.813. The van der Waals surface area contributed by atoms with Crippen molar-refractivity contribution >= 4 is 0 Å². The summed E-state index contributed by atoms with van der Waals surface area (Å²) in [6.07, 6.45) is 4.21. The molecule has 2 rings (SSSR count). The van der Waals surface area contributed by atoms with Crippen LogP contribution in [0.25, 0.3) is 0 Å². The van der Waals surface area contributed by atoms with E-state index >= 15 is 0 Å². The molecule has 2 N–H and O–H groups in total. The van der Waals surface area contributed by atoms with Crippen LogP contribution in [0.3, 0.4) is 0 Å². The molecule has 0 spiro atoms. The van der Waals surface area contributed by atoms with Crippen LogP contribution in [0.4, 0.5) is 0 Å². The third-order valence-corrected chi connectivity index (χ3v) is 2.91. The van der Waals surface area contributed by atoms with Gasteiger partial charge in [0.1, 0.15) is 11.5 Å². The number of hydrogen-bond acceptors (Lipinski definition) is 4. The lowest BCUT2D eigenvalue weighted by Crippen LogP contribution is -2.11. The number of nitrogens with one attached hydrogen (secondary N) is 1. The Kier molecular flexibility index (Phi) is 5.53. The lowest BCUT2D eigenvalue weighted by molar-refractivity contribution is 0.299. The van der Waals surface area contributed by atoms with Crippen LogP contribution in [0.1, 0.15) is 18.1 Å². The molecule has 0 radical (unpaired) electrons. The molecule has 20 heavy (non-hydrogen) atoms. The molecule has 1 heterocycles. The van der Waals surface area contributed by atoms with E-state index in [1.54, 1.807) is 6.20 Å². The summed E-state index contributed by atoms with van der Waals surface area (Å²) in [7, 11) is 0. The summed E-state index contributed by atoms with van der Waals surface area (Å²) in [5, 5.41) is 12.1. The Bertz CT molecular complexity index is 526. The van der Waals surface area contributed by atoms with E-state index in [0.29, 0.717) is 6.42 Å². The molecular formula is C16H20N2O2. The number of hydrogen-bond donors (Lipinski definition) is 2. The standard InChI is InChI=1S/C16H20N2O2/c1-2-17-10-14-9-16(12-18-11-14)20-15-5-3-13(4-6-15)7-8-19/h3-6,9,11-12,17,19H,2,7-8,10H2,1H3. The van der Waals surface area contributed by atoms with Crippen molar-refractivity contribution in [3.05, 3.63) is 53.9 Å². The van der Waals surface area contributed by atoms with Crippen molar-refractivity contribution in [3.8, 4) is 11.5 Å². The highest BCUT2D eigenvalue weighted by molar-refractivity contribution is 5.33. The van der Waals surface area contributed by atoms with Gasteiger partial charge in [-0.1, -0.05) is 19.1 Å². The molecule has 0 aliphatic rings. The van der Waals surface area contributed by atoms with Gasteiger partial charge < -0.3 is 15.2 Å². The van der Waals surface area contributed by atoms with Crippen LogP contribution >= 0.6 is 0 Å². The molecule has 0 saturated heterocycles. The molecule has 0 amide bonds. The Hall–Kier alpha value is -1.91. The number of aromatic nitrogens is 1. The normalized spacial score (nSPS) is 10.5. The molecule has 0 unspecified atom stereocenters. The molecule has 0 aliphatic carbocycles. The van der Waals surface area contributed by atoms with E-state index in [-0.39, 0.29) is 6.61 Å². The summed E-state index contributed by atoms with van der Waals surface area (Å²) >= 11 is 0. The topological polar surface area (TPSA) is 54.4 Å². The first kappa shape index (κ1) is 14.5. The van der Waals surface area contributed by atoms with Crippen LogP contribution in [-0.4, -0.2) is 23.2 Å². The van der Waals surface area contributed by atoms with E-state index in [1.807, 2.05) is 36.5 Å². The number of rotatable bonds is 7. The molecule has 0 aliphatic heterocycles. The van der Waals surface area contributed by atoms with Gasteiger partial charge in [0.25, 0.3) is 0 Å². The average Bonchev–Trinajstić information content (AvgIpc) is 2.48. The number of pyridine rings is 1. The second-order valence-corrected chi connectivity index (χ2v) is 4.53. The zero-order chi connectivity index (χ0) is 14.2. The zero-order valence-corrected chi connectivity index (χ0v) is 11.7. The highest BCUT2D eigenvalue weighted by Gasteiger charge is 2.00. The average molecular weight is 272 g/mol. The van der Waals surface area contributed by atoms with Crippen molar-refractivity contribution in [2.24, 2.45) is 0 Å². The monoisotopic (exact) mass is 272 g/mol. The largest absolute Gasteiger partial charge is 0.456 e. The number of ether oxygens (including phenoxy) is 1. The van der Waals surface area contributed by atoms with Crippen molar-refractivity contribution < 1.29 is 9.84 Å². The summed E-state index contributed by atoms with van der Waals surface area (Å²) in [6.45, 7) is 3.95. The van der Waals surface area contributed by atoms with E-state index in [4.69, 9.17) is 9.84 Å². The summed E-state index contributed by atoms with van der Waals surface area (Å²) in [6, 6.07) is 9.71. The minimum absolute atomic E-state index is 0.163. The molecule has 0 fully saturated rings. The third kappa shape index (κ3) is 4.33. The van der Waals surface area contributed by atoms with Crippen molar-refractivity contribution in [1.29, 1.82) is 0 Å². The molecule has 4 nitrogen and oxygen atoms in total. The lowest BCUT2D eigenvalue weighted by Gasteiger charge is -2.08. The predicted molar refractivity (Wildman–Crippen MR) is 78.9 cm³/mol. The Morgan fingerprint density at radius 3 is 2.60 bits per heavy atom. The van der Waals surface area contributed by atoms with E-state index in [9.17, 15) is 0 Å². The molecule has 106 valence electrons. The van der Waals surface area contributed by atoms with Gasteiger partial charge in [-0.3, -0.25) is 4.98 Å². The predicted octanol–water partition coefficient (Wildman–Crippen LogP) is 2.52. The second-order valence-electron chi connectivity index (χ2n) is 4.53. The van der Waals surface area contributed by atoms with Gasteiger partial charge in [-0.15, -0.1) is 0 Å². The number of aliphatic hydroxyl groups is 1. The first-order valence-electron chi connectivity index (χ1n) is 6.84. The van der Waals surface area contributed by atoms with Crippen molar-refractivity contribution in [2.75, 3.05) is 13.2 Å². The van der Waals surface area contributed by atoms with Gasteiger partial charge in [-0.2, -0.15) is 0 Å². The summed E-state index contributed by atoms with van der Waals surface area (Å²) in [5.41, 5.74) is 2.19.